The van der Waals surface area contributed by atoms with Crippen molar-refractivity contribution in [2.45, 2.75) is 46.1 Å². The standard InChI is InChI=1S/C31H44N6O/c1-3-16-34-20-22-35(23-21-34)17-8-15-32-30(38)26-13-18-36(19-14-26)31-33-28-11-6-7-12-29(28)37(31)24-27-10-5-4-9-25(27)2/h4-7,9-12,26H,3,8,13-24H2,1-2H3,(H,32,38). The number of amides is 1. The van der Waals surface area contributed by atoms with Crippen molar-refractivity contribution < 1.29 is 4.79 Å². The maximum Gasteiger partial charge on any atom is 0.223 e. The van der Waals surface area contributed by atoms with Gasteiger partial charge in [-0.25, -0.2) is 4.98 Å². The first-order chi connectivity index (χ1) is 18.6. The van der Waals surface area contributed by atoms with E-state index in [1.165, 1.54) is 37.2 Å². The fourth-order valence-corrected chi connectivity index (χ4v) is 5.97. The molecule has 38 heavy (non-hydrogen) atoms. The number of piperidine rings is 1. The van der Waals surface area contributed by atoms with Crippen LogP contribution >= 0.6 is 0 Å². The lowest BCUT2D eigenvalue weighted by atomic mass is 9.96. The zero-order valence-corrected chi connectivity index (χ0v) is 23.2. The molecular weight excluding hydrogens is 472 g/mol. The number of hydrogen-bond donors (Lipinski definition) is 1. The molecule has 0 bridgehead atoms. The molecule has 0 aliphatic carbocycles. The molecule has 7 heteroatoms. The van der Waals surface area contributed by atoms with E-state index < -0.39 is 0 Å². The molecule has 1 amide bonds. The number of nitrogens with zero attached hydrogens (tertiary/aromatic N) is 5. The number of benzene rings is 2. The minimum Gasteiger partial charge on any atom is -0.356 e. The lowest BCUT2D eigenvalue weighted by molar-refractivity contribution is -0.125. The van der Waals surface area contributed by atoms with Gasteiger partial charge in [-0.1, -0.05) is 43.3 Å². The maximum absolute atomic E-state index is 12.9. The third kappa shape index (κ3) is 6.38. The van der Waals surface area contributed by atoms with Crippen LogP contribution < -0.4 is 10.2 Å². The molecular formula is C31H44N6O. The monoisotopic (exact) mass is 516 g/mol. The highest BCUT2D eigenvalue weighted by atomic mass is 16.1. The Morgan fingerprint density at radius 3 is 2.34 bits per heavy atom. The van der Waals surface area contributed by atoms with Gasteiger partial charge in [0.15, 0.2) is 0 Å². The minimum absolute atomic E-state index is 0.0954. The van der Waals surface area contributed by atoms with Crippen LogP contribution in [-0.4, -0.2) is 84.2 Å². The number of imidazole rings is 1. The van der Waals surface area contributed by atoms with Crippen molar-refractivity contribution in [2.75, 3.05) is 63.8 Å². The number of aryl methyl sites for hydroxylation is 1. The lowest BCUT2D eigenvalue weighted by Crippen LogP contribution is -2.47. The first-order valence-electron chi connectivity index (χ1n) is 14.6. The van der Waals surface area contributed by atoms with Crippen LogP contribution in [-0.2, 0) is 11.3 Å². The Bertz CT molecular complexity index is 1190. The third-order valence-corrected chi connectivity index (χ3v) is 8.33. The van der Waals surface area contributed by atoms with Crippen molar-refractivity contribution in [3.8, 4) is 0 Å². The van der Waals surface area contributed by atoms with Gasteiger partial charge in [-0.15, -0.1) is 0 Å². The molecule has 2 saturated heterocycles. The molecule has 1 N–H and O–H groups in total. The smallest absolute Gasteiger partial charge is 0.223 e. The number of aromatic nitrogens is 2. The van der Waals surface area contributed by atoms with Gasteiger partial charge in [0.05, 0.1) is 17.6 Å². The summed E-state index contributed by atoms with van der Waals surface area (Å²) in [6, 6.07) is 17.0. The average Bonchev–Trinajstić information content (AvgIpc) is 3.31. The largest absolute Gasteiger partial charge is 0.356 e. The summed E-state index contributed by atoms with van der Waals surface area (Å²) in [5, 5.41) is 3.23. The fraction of sp³-hybridized carbons (Fsp3) is 0.548. The van der Waals surface area contributed by atoms with Gasteiger partial charge in [-0.3, -0.25) is 4.79 Å². The van der Waals surface area contributed by atoms with Crippen LogP contribution in [0.25, 0.3) is 11.0 Å². The Kier molecular flexibility index (Phi) is 8.97. The second-order valence-electron chi connectivity index (χ2n) is 11.0. The van der Waals surface area contributed by atoms with E-state index in [4.69, 9.17) is 4.98 Å². The highest BCUT2D eigenvalue weighted by Crippen LogP contribution is 2.28. The summed E-state index contributed by atoms with van der Waals surface area (Å²) in [4.78, 5) is 25.4. The third-order valence-electron chi connectivity index (χ3n) is 8.33. The second-order valence-corrected chi connectivity index (χ2v) is 11.0. The Balaban J connectivity index is 1.12. The van der Waals surface area contributed by atoms with Crippen molar-refractivity contribution in [3.63, 3.8) is 0 Å². The zero-order chi connectivity index (χ0) is 26.3. The number of hydrogen-bond acceptors (Lipinski definition) is 5. The van der Waals surface area contributed by atoms with E-state index in [0.29, 0.717) is 0 Å². The molecule has 7 nitrogen and oxygen atoms in total. The Morgan fingerprint density at radius 1 is 0.921 bits per heavy atom. The number of carbonyl (C=O) groups excluding carboxylic acids is 1. The molecule has 0 spiro atoms. The van der Waals surface area contributed by atoms with Gasteiger partial charge in [-0.05, 0) is 69.0 Å². The molecule has 204 valence electrons. The van der Waals surface area contributed by atoms with Gasteiger partial charge in [0.2, 0.25) is 11.9 Å². The lowest BCUT2D eigenvalue weighted by Gasteiger charge is -2.34. The number of nitrogens with one attached hydrogen (secondary N) is 1. The predicted molar refractivity (Wildman–Crippen MR) is 156 cm³/mol. The van der Waals surface area contributed by atoms with Gasteiger partial charge >= 0.3 is 0 Å². The molecule has 2 fully saturated rings. The van der Waals surface area contributed by atoms with Gasteiger partial charge in [-0.2, -0.15) is 0 Å². The second kappa shape index (κ2) is 12.8. The Labute approximate surface area is 227 Å². The molecule has 0 saturated carbocycles. The van der Waals surface area contributed by atoms with E-state index in [1.807, 2.05) is 0 Å². The van der Waals surface area contributed by atoms with Gasteiger partial charge in [0.25, 0.3) is 0 Å². The van der Waals surface area contributed by atoms with E-state index in [2.05, 4.69) is 87.0 Å². The van der Waals surface area contributed by atoms with Gasteiger partial charge in [0.1, 0.15) is 0 Å². The summed E-state index contributed by atoms with van der Waals surface area (Å²) in [7, 11) is 0. The van der Waals surface area contributed by atoms with E-state index in [9.17, 15) is 4.79 Å². The van der Waals surface area contributed by atoms with Crippen LogP contribution in [0.3, 0.4) is 0 Å². The van der Waals surface area contributed by atoms with Crippen LogP contribution in [0.15, 0.2) is 48.5 Å². The highest BCUT2D eigenvalue weighted by Gasteiger charge is 2.28. The maximum atomic E-state index is 12.9. The van der Waals surface area contributed by atoms with E-state index in [-0.39, 0.29) is 11.8 Å². The SMILES string of the molecule is CCCN1CCN(CCCNC(=O)C2CCN(c3nc4ccccc4n3Cc3ccccc3C)CC2)CC1. The quantitative estimate of drug-likeness (QED) is 0.411. The van der Waals surface area contributed by atoms with Crippen molar-refractivity contribution in [1.29, 1.82) is 0 Å². The Morgan fingerprint density at radius 2 is 1.61 bits per heavy atom. The van der Waals surface area contributed by atoms with Gasteiger partial charge in [0, 0.05) is 51.7 Å². The molecule has 0 radical (unpaired) electrons. The topological polar surface area (TPSA) is 56.6 Å². The van der Waals surface area contributed by atoms with Crippen LogP contribution in [0.4, 0.5) is 5.95 Å². The summed E-state index contributed by atoms with van der Waals surface area (Å²) in [6.07, 6.45) is 4.01. The van der Waals surface area contributed by atoms with Crippen molar-refractivity contribution in [3.05, 3.63) is 59.7 Å². The zero-order valence-electron chi connectivity index (χ0n) is 23.2. The Hall–Kier alpha value is -2.90. The van der Waals surface area contributed by atoms with E-state index in [1.54, 1.807) is 0 Å². The first-order valence-corrected chi connectivity index (χ1v) is 14.6. The summed E-state index contributed by atoms with van der Waals surface area (Å²) in [6.45, 7) is 14.7. The number of piperazine rings is 1. The van der Waals surface area contributed by atoms with Crippen LogP contribution in [0.5, 0.6) is 0 Å². The summed E-state index contributed by atoms with van der Waals surface area (Å²) in [5.74, 6) is 1.34. The molecule has 1 aromatic heterocycles. The number of para-hydroxylation sites is 2. The summed E-state index contributed by atoms with van der Waals surface area (Å²) in [5.41, 5.74) is 4.81. The van der Waals surface area contributed by atoms with E-state index in [0.717, 1.165) is 82.1 Å². The molecule has 2 aromatic carbocycles. The first kappa shape index (κ1) is 26.7. The molecule has 5 rings (SSSR count). The normalized spacial score (nSPS) is 17.8. The van der Waals surface area contributed by atoms with Crippen LogP contribution in [0.1, 0.15) is 43.7 Å². The van der Waals surface area contributed by atoms with E-state index >= 15 is 0 Å². The predicted octanol–water partition coefficient (Wildman–Crippen LogP) is 4.14. The molecule has 2 aliphatic rings. The molecule has 0 atom stereocenters. The van der Waals surface area contributed by atoms with Crippen molar-refractivity contribution >= 4 is 22.9 Å². The van der Waals surface area contributed by atoms with Gasteiger partial charge < -0.3 is 24.6 Å². The fourth-order valence-electron chi connectivity index (χ4n) is 5.97. The number of fused-ring (bicyclic) bond motifs is 1. The number of carbonyl (C=O) groups is 1. The molecule has 2 aliphatic heterocycles. The average molecular weight is 517 g/mol. The highest BCUT2D eigenvalue weighted by molar-refractivity contribution is 5.80. The van der Waals surface area contributed by atoms with Crippen molar-refractivity contribution in [2.24, 2.45) is 5.92 Å². The number of rotatable bonds is 10. The van der Waals surface area contributed by atoms with Crippen LogP contribution in [0.2, 0.25) is 0 Å². The molecule has 0 unspecified atom stereocenters. The molecule has 3 aromatic rings. The minimum atomic E-state index is 0.0954. The summed E-state index contributed by atoms with van der Waals surface area (Å²) < 4.78 is 2.35. The summed E-state index contributed by atoms with van der Waals surface area (Å²) >= 11 is 0. The van der Waals surface area contributed by atoms with Crippen LogP contribution in [0, 0.1) is 12.8 Å². The number of anilines is 1. The molecule has 3 heterocycles. The van der Waals surface area contributed by atoms with Crippen molar-refractivity contribution in [1.82, 2.24) is 24.7 Å².